The Labute approximate surface area is 139 Å². The summed E-state index contributed by atoms with van der Waals surface area (Å²) < 4.78 is 5.92. The molecule has 2 aromatic rings. The molecule has 0 N–H and O–H groups in total. The minimum Gasteiger partial charge on any atom is -0.489 e. The number of carbonyl (C=O) groups excluding carboxylic acids is 1. The molecule has 0 aliphatic heterocycles. The van der Waals surface area contributed by atoms with E-state index in [0.717, 1.165) is 16.9 Å². The van der Waals surface area contributed by atoms with Crippen molar-refractivity contribution in [2.45, 2.75) is 53.6 Å². The minimum atomic E-state index is 0.0592. The van der Waals surface area contributed by atoms with Crippen molar-refractivity contribution >= 4 is 5.78 Å². The number of aryl methyl sites for hydroxylation is 2. The first-order chi connectivity index (χ1) is 10.7. The van der Waals surface area contributed by atoms with Crippen LogP contribution in [0, 0.1) is 13.8 Å². The number of hydrogen-bond donors (Lipinski definition) is 0. The summed E-state index contributed by atoms with van der Waals surface area (Å²) in [5, 5.41) is 0. The molecule has 0 aliphatic rings. The van der Waals surface area contributed by atoms with Crippen molar-refractivity contribution in [3.63, 3.8) is 0 Å². The van der Waals surface area contributed by atoms with Gasteiger partial charge in [-0.1, -0.05) is 39.0 Å². The third kappa shape index (κ3) is 4.44. The highest BCUT2D eigenvalue weighted by Gasteiger charge is 2.16. The van der Waals surface area contributed by atoms with E-state index >= 15 is 0 Å². The van der Waals surface area contributed by atoms with Crippen molar-refractivity contribution in [1.82, 2.24) is 0 Å². The van der Waals surface area contributed by atoms with E-state index in [9.17, 15) is 4.79 Å². The lowest BCUT2D eigenvalue weighted by molar-refractivity contribution is 0.101. The zero-order valence-corrected chi connectivity index (χ0v) is 15.0. The van der Waals surface area contributed by atoms with Crippen LogP contribution >= 0.6 is 0 Å². The number of ether oxygens (including phenoxy) is 1. The average Bonchev–Trinajstić information content (AvgIpc) is 2.44. The Balaban J connectivity index is 2.20. The largest absolute Gasteiger partial charge is 0.489 e. The second kappa shape index (κ2) is 6.57. The van der Waals surface area contributed by atoms with Gasteiger partial charge in [-0.25, -0.2) is 0 Å². The lowest BCUT2D eigenvalue weighted by atomic mass is 9.83. The van der Waals surface area contributed by atoms with Crippen LogP contribution in [-0.2, 0) is 12.0 Å². The van der Waals surface area contributed by atoms with Crippen LogP contribution in [0.4, 0.5) is 0 Å². The standard InChI is InChI=1S/C21H26O2/c1-14-9-18(16(3)22)12-19(10-14)23-13-17-8-7-15(2)20(11-17)21(4,5)6/h7-12H,13H2,1-6H3. The van der Waals surface area contributed by atoms with Gasteiger partial charge < -0.3 is 4.74 Å². The van der Waals surface area contributed by atoms with Crippen molar-refractivity contribution in [2.24, 2.45) is 0 Å². The number of ketones is 1. The molecule has 0 spiro atoms. The lowest BCUT2D eigenvalue weighted by Gasteiger charge is -2.22. The summed E-state index contributed by atoms with van der Waals surface area (Å²) in [6.45, 7) is 12.9. The molecule has 0 atom stereocenters. The van der Waals surface area contributed by atoms with Crippen molar-refractivity contribution in [3.05, 3.63) is 64.2 Å². The molecule has 0 unspecified atom stereocenters. The first-order valence-electron chi connectivity index (χ1n) is 8.02. The highest BCUT2D eigenvalue weighted by atomic mass is 16.5. The molecule has 122 valence electrons. The lowest BCUT2D eigenvalue weighted by Crippen LogP contribution is -2.13. The molecule has 2 heteroatoms. The molecule has 0 saturated heterocycles. The van der Waals surface area contributed by atoms with Gasteiger partial charge in [-0.2, -0.15) is 0 Å². The van der Waals surface area contributed by atoms with Gasteiger partial charge >= 0.3 is 0 Å². The summed E-state index contributed by atoms with van der Waals surface area (Å²) in [5.74, 6) is 0.803. The Morgan fingerprint density at radius 1 is 1.04 bits per heavy atom. The maximum Gasteiger partial charge on any atom is 0.159 e. The van der Waals surface area contributed by atoms with Gasteiger partial charge in [0.15, 0.2) is 5.78 Å². The van der Waals surface area contributed by atoms with Crippen LogP contribution in [0.25, 0.3) is 0 Å². The normalized spacial score (nSPS) is 11.4. The maximum absolute atomic E-state index is 11.6. The Bertz CT molecular complexity index is 721. The van der Waals surface area contributed by atoms with Crippen molar-refractivity contribution in [3.8, 4) is 5.75 Å². The highest BCUT2D eigenvalue weighted by molar-refractivity contribution is 5.94. The van der Waals surface area contributed by atoms with Gasteiger partial charge in [0, 0.05) is 5.56 Å². The van der Waals surface area contributed by atoms with E-state index < -0.39 is 0 Å². The van der Waals surface area contributed by atoms with Crippen LogP contribution < -0.4 is 4.74 Å². The number of rotatable bonds is 4. The number of benzene rings is 2. The smallest absolute Gasteiger partial charge is 0.159 e. The van der Waals surface area contributed by atoms with Crippen molar-refractivity contribution in [2.75, 3.05) is 0 Å². The second-order valence-electron chi connectivity index (χ2n) is 7.28. The topological polar surface area (TPSA) is 26.3 Å². The summed E-state index contributed by atoms with van der Waals surface area (Å²) in [4.78, 5) is 11.6. The van der Waals surface area contributed by atoms with E-state index in [0.29, 0.717) is 12.2 Å². The molecule has 0 saturated carbocycles. The van der Waals surface area contributed by atoms with E-state index in [1.54, 1.807) is 6.92 Å². The van der Waals surface area contributed by atoms with Gasteiger partial charge in [-0.05, 0) is 66.6 Å². The van der Waals surface area contributed by atoms with E-state index in [1.165, 1.54) is 11.1 Å². The van der Waals surface area contributed by atoms with E-state index in [4.69, 9.17) is 4.74 Å². The summed E-state index contributed by atoms with van der Waals surface area (Å²) >= 11 is 0. The maximum atomic E-state index is 11.6. The summed E-state index contributed by atoms with van der Waals surface area (Å²) in [5.41, 5.74) is 5.63. The average molecular weight is 310 g/mol. The molecule has 23 heavy (non-hydrogen) atoms. The molecule has 2 nitrogen and oxygen atoms in total. The molecule has 0 fully saturated rings. The van der Waals surface area contributed by atoms with Gasteiger partial charge in [0.25, 0.3) is 0 Å². The zero-order chi connectivity index (χ0) is 17.2. The Morgan fingerprint density at radius 2 is 1.74 bits per heavy atom. The number of hydrogen-bond acceptors (Lipinski definition) is 2. The second-order valence-corrected chi connectivity index (χ2v) is 7.28. The summed E-state index contributed by atoms with van der Waals surface area (Å²) in [7, 11) is 0. The fraction of sp³-hybridized carbons (Fsp3) is 0.381. The number of Topliss-reactive ketones (excluding diaryl/α,β-unsaturated/α-hetero) is 1. The Kier molecular flexibility index (Phi) is 4.93. The van der Waals surface area contributed by atoms with Crippen LogP contribution in [0.5, 0.6) is 5.75 Å². The highest BCUT2D eigenvalue weighted by Crippen LogP contribution is 2.27. The molecule has 2 aromatic carbocycles. The molecule has 0 aromatic heterocycles. The Hall–Kier alpha value is -2.09. The predicted molar refractivity (Wildman–Crippen MR) is 95.4 cm³/mol. The van der Waals surface area contributed by atoms with Crippen LogP contribution in [-0.4, -0.2) is 5.78 Å². The first-order valence-corrected chi connectivity index (χ1v) is 8.02. The van der Waals surface area contributed by atoms with Crippen LogP contribution in [0.2, 0.25) is 0 Å². The van der Waals surface area contributed by atoms with Gasteiger partial charge in [-0.3, -0.25) is 4.79 Å². The first kappa shape index (κ1) is 17.3. The minimum absolute atomic E-state index is 0.0592. The predicted octanol–water partition coefficient (Wildman–Crippen LogP) is 5.38. The van der Waals surface area contributed by atoms with Gasteiger partial charge in [-0.15, -0.1) is 0 Å². The van der Waals surface area contributed by atoms with Gasteiger partial charge in [0.2, 0.25) is 0 Å². The summed E-state index contributed by atoms with van der Waals surface area (Å²) in [6, 6.07) is 12.1. The summed E-state index contributed by atoms with van der Waals surface area (Å²) in [6.07, 6.45) is 0. The molecule has 0 amide bonds. The third-order valence-corrected chi connectivity index (χ3v) is 3.97. The SMILES string of the molecule is CC(=O)c1cc(C)cc(OCc2ccc(C)c(C(C)(C)C)c2)c1. The van der Waals surface area contributed by atoms with Crippen LogP contribution in [0.3, 0.4) is 0 Å². The van der Waals surface area contributed by atoms with E-state index in [1.807, 2.05) is 25.1 Å². The van der Waals surface area contributed by atoms with Gasteiger partial charge in [0.05, 0.1) is 0 Å². The van der Waals surface area contributed by atoms with Crippen molar-refractivity contribution < 1.29 is 9.53 Å². The monoisotopic (exact) mass is 310 g/mol. The number of carbonyl (C=O) groups is 1. The fourth-order valence-electron chi connectivity index (χ4n) is 2.77. The molecule has 0 aliphatic carbocycles. The molecule has 0 radical (unpaired) electrons. The van der Waals surface area contributed by atoms with Gasteiger partial charge in [0.1, 0.15) is 12.4 Å². The van der Waals surface area contributed by atoms with Crippen LogP contribution in [0.1, 0.15) is 60.3 Å². The third-order valence-electron chi connectivity index (χ3n) is 3.97. The molecular formula is C21H26O2. The van der Waals surface area contributed by atoms with Crippen molar-refractivity contribution in [1.29, 1.82) is 0 Å². The fourth-order valence-corrected chi connectivity index (χ4v) is 2.77. The van der Waals surface area contributed by atoms with E-state index in [2.05, 4.69) is 45.9 Å². The Morgan fingerprint density at radius 3 is 2.35 bits per heavy atom. The quantitative estimate of drug-likeness (QED) is 0.708. The zero-order valence-electron chi connectivity index (χ0n) is 15.0. The van der Waals surface area contributed by atoms with E-state index in [-0.39, 0.29) is 11.2 Å². The van der Waals surface area contributed by atoms with Crippen LogP contribution in [0.15, 0.2) is 36.4 Å². The molecule has 2 rings (SSSR count). The molecular weight excluding hydrogens is 284 g/mol. The molecule has 0 bridgehead atoms. The molecule has 0 heterocycles.